The lowest BCUT2D eigenvalue weighted by molar-refractivity contribution is 0.158. The molecule has 0 unspecified atom stereocenters. The average Bonchev–Trinajstić information content (AvgIpc) is 2.30. The zero-order valence-corrected chi connectivity index (χ0v) is 7.33. The van der Waals surface area contributed by atoms with Crippen molar-refractivity contribution in [1.29, 1.82) is 0 Å². The van der Waals surface area contributed by atoms with Crippen LogP contribution in [0.2, 0.25) is 0 Å². The van der Waals surface area contributed by atoms with E-state index in [1.165, 1.54) is 0 Å². The van der Waals surface area contributed by atoms with Gasteiger partial charge in [-0.3, -0.25) is 0 Å². The van der Waals surface area contributed by atoms with Crippen LogP contribution in [0.4, 0.5) is 4.79 Å². The summed E-state index contributed by atoms with van der Waals surface area (Å²) in [5.41, 5.74) is 0. The number of ether oxygens (including phenoxy) is 1. The van der Waals surface area contributed by atoms with Gasteiger partial charge in [0.15, 0.2) is 0 Å². The van der Waals surface area contributed by atoms with Crippen molar-refractivity contribution in [1.82, 2.24) is 4.90 Å². The predicted octanol–water partition coefficient (Wildman–Crippen LogP) is 1.48. The van der Waals surface area contributed by atoms with Crippen LogP contribution in [-0.2, 0) is 4.74 Å². The highest BCUT2D eigenvalue weighted by atomic mass is 16.6. The normalized spacial score (nSPS) is 24.5. The van der Waals surface area contributed by atoms with Gasteiger partial charge in [-0.25, -0.2) is 4.79 Å². The second-order valence-corrected chi connectivity index (χ2v) is 3.17. The Morgan fingerprint density at radius 2 is 2.36 bits per heavy atom. The van der Waals surface area contributed by atoms with E-state index in [0.29, 0.717) is 12.5 Å². The van der Waals surface area contributed by atoms with Crippen molar-refractivity contribution in [3.63, 3.8) is 0 Å². The van der Waals surface area contributed by atoms with Gasteiger partial charge in [0.05, 0.1) is 6.04 Å². The molecular weight excluding hydrogens is 142 g/mol. The highest BCUT2D eigenvalue weighted by Gasteiger charge is 2.33. The molecule has 1 atom stereocenters. The van der Waals surface area contributed by atoms with E-state index in [4.69, 9.17) is 4.74 Å². The van der Waals surface area contributed by atoms with Crippen molar-refractivity contribution < 1.29 is 9.53 Å². The maximum Gasteiger partial charge on any atom is 0.410 e. The fraction of sp³-hybridized carbons (Fsp3) is 0.875. The second-order valence-electron chi connectivity index (χ2n) is 3.17. The summed E-state index contributed by atoms with van der Waals surface area (Å²) in [7, 11) is 0. The molecule has 1 heterocycles. The third-order valence-electron chi connectivity index (χ3n) is 2.12. The molecule has 1 saturated heterocycles. The van der Waals surface area contributed by atoms with Gasteiger partial charge in [-0.15, -0.1) is 0 Å². The highest BCUT2D eigenvalue weighted by Crippen LogP contribution is 2.18. The molecule has 0 aromatic heterocycles. The minimum atomic E-state index is -0.161. The van der Waals surface area contributed by atoms with Crippen molar-refractivity contribution in [2.75, 3.05) is 13.2 Å². The zero-order chi connectivity index (χ0) is 8.43. The molecule has 0 aromatic carbocycles. The van der Waals surface area contributed by atoms with Crippen LogP contribution in [0.5, 0.6) is 0 Å². The Labute approximate surface area is 67.3 Å². The molecule has 1 amide bonds. The van der Waals surface area contributed by atoms with Crippen LogP contribution in [0.3, 0.4) is 0 Å². The molecule has 1 rings (SSSR count). The first kappa shape index (κ1) is 8.37. The molecule has 3 nitrogen and oxygen atoms in total. The van der Waals surface area contributed by atoms with E-state index >= 15 is 0 Å². The van der Waals surface area contributed by atoms with Gasteiger partial charge in [0, 0.05) is 6.54 Å². The smallest absolute Gasteiger partial charge is 0.410 e. The van der Waals surface area contributed by atoms with Gasteiger partial charge in [-0.05, 0) is 12.8 Å². The van der Waals surface area contributed by atoms with Gasteiger partial charge in [-0.2, -0.15) is 0 Å². The third kappa shape index (κ3) is 1.47. The number of carbonyl (C=O) groups is 1. The van der Waals surface area contributed by atoms with E-state index in [2.05, 4.69) is 13.8 Å². The van der Waals surface area contributed by atoms with Crippen LogP contribution in [-0.4, -0.2) is 30.2 Å². The van der Waals surface area contributed by atoms with Crippen molar-refractivity contribution in [2.45, 2.75) is 26.8 Å². The molecule has 0 saturated carbocycles. The maximum absolute atomic E-state index is 11.0. The second kappa shape index (κ2) is 3.11. The Hall–Kier alpha value is -0.730. The Bertz CT molecular complexity index is 156. The molecule has 0 aliphatic carbocycles. The van der Waals surface area contributed by atoms with Crippen LogP contribution in [0, 0.1) is 5.92 Å². The monoisotopic (exact) mass is 157 g/mol. The number of hydrogen-bond acceptors (Lipinski definition) is 2. The van der Waals surface area contributed by atoms with E-state index in [9.17, 15) is 4.79 Å². The van der Waals surface area contributed by atoms with Crippen LogP contribution < -0.4 is 0 Å². The first-order valence-electron chi connectivity index (χ1n) is 4.10. The largest absolute Gasteiger partial charge is 0.447 e. The Kier molecular flexibility index (Phi) is 2.37. The van der Waals surface area contributed by atoms with Gasteiger partial charge in [0.2, 0.25) is 0 Å². The van der Waals surface area contributed by atoms with Gasteiger partial charge < -0.3 is 9.64 Å². The summed E-state index contributed by atoms with van der Waals surface area (Å²) in [4.78, 5) is 12.8. The zero-order valence-electron chi connectivity index (χ0n) is 7.33. The molecule has 1 fully saturated rings. The molecule has 11 heavy (non-hydrogen) atoms. The van der Waals surface area contributed by atoms with Crippen LogP contribution in [0.15, 0.2) is 0 Å². The first-order valence-corrected chi connectivity index (χ1v) is 4.10. The lowest BCUT2D eigenvalue weighted by atomic mass is 10.1. The number of carbonyl (C=O) groups excluding carboxylic acids is 1. The topological polar surface area (TPSA) is 29.5 Å². The molecule has 0 aromatic rings. The van der Waals surface area contributed by atoms with Crippen molar-refractivity contribution in [3.05, 3.63) is 0 Å². The summed E-state index contributed by atoms with van der Waals surface area (Å²) >= 11 is 0. The summed E-state index contributed by atoms with van der Waals surface area (Å²) in [5, 5.41) is 0. The van der Waals surface area contributed by atoms with Gasteiger partial charge in [-0.1, -0.05) is 13.8 Å². The molecule has 0 spiro atoms. The summed E-state index contributed by atoms with van der Waals surface area (Å²) in [6.07, 6.45) is -0.161. The van der Waals surface area contributed by atoms with Crippen molar-refractivity contribution >= 4 is 6.09 Å². The number of likely N-dealkylation sites (N-methyl/N-ethyl adjacent to an activating group) is 1. The van der Waals surface area contributed by atoms with Gasteiger partial charge in [0.1, 0.15) is 6.61 Å². The molecule has 64 valence electrons. The molecule has 1 aliphatic heterocycles. The highest BCUT2D eigenvalue weighted by molar-refractivity contribution is 5.70. The summed E-state index contributed by atoms with van der Waals surface area (Å²) < 4.78 is 4.92. The molecule has 1 aliphatic rings. The quantitative estimate of drug-likeness (QED) is 0.607. The number of nitrogens with zero attached hydrogens (tertiary/aromatic N) is 1. The standard InChI is InChI=1S/C8H15NO2/c1-4-9-7(6(2)3)5-11-8(9)10/h6-7H,4-5H2,1-3H3/t7-/m1/s1. The molecule has 0 radical (unpaired) electrons. The number of cyclic esters (lactones) is 1. The van der Waals surface area contributed by atoms with Crippen molar-refractivity contribution in [2.24, 2.45) is 5.92 Å². The fourth-order valence-electron chi connectivity index (χ4n) is 1.38. The summed E-state index contributed by atoms with van der Waals surface area (Å²) in [6.45, 7) is 7.50. The van der Waals surface area contributed by atoms with Crippen LogP contribution in [0.25, 0.3) is 0 Å². The van der Waals surface area contributed by atoms with E-state index in [0.717, 1.165) is 6.54 Å². The summed E-state index contributed by atoms with van der Waals surface area (Å²) in [5.74, 6) is 0.487. The number of amides is 1. The lowest BCUT2D eigenvalue weighted by Crippen LogP contribution is -2.36. The number of rotatable bonds is 2. The SMILES string of the molecule is CCN1C(=O)OC[C@@H]1C(C)C. The van der Waals surface area contributed by atoms with E-state index in [1.54, 1.807) is 4.90 Å². The van der Waals surface area contributed by atoms with Gasteiger partial charge in [0.25, 0.3) is 0 Å². The molecule has 3 heteroatoms. The Morgan fingerprint density at radius 3 is 2.73 bits per heavy atom. The fourth-order valence-corrected chi connectivity index (χ4v) is 1.38. The maximum atomic E-state index is 11.0. The Balaban J connectivity index is 2.61. The summed E-state index contributed by atoms with van der Waals surface area (Å²) in [6, 6.07) is 0.285. The third-order valence-corrected chi connectivity index (χ3v) is 2.12. The average molecular weight is 157 g/mol. The molecule has 0 N–H and O–H groups in total. The van der Waals surface area contributed by atoms with E-state index in [1.807, 2.05) is 6.92 Å². The molecular formula is C8H15NO2. The van der Waals surface area contributed by atoms with Crippen LogP contribution >= 0.6 is 0 Å². The number of hydrogen-bond donors (Lipinski definition) is 0. The first-order chi connectivity index (χ1) is 5.16. The molecule has 0 bridgehead atoms. The minimum Gasteiger partial charge on any atom is -0.447 e. The van der Waals surface area contributed by atoms with Crippen LogP contribution in [0.1, 0.15) is 20.8 Å². The lowest BCUT2D eigenvalue weighted by Gasteiger charge is -2.22. The van der Waals surface area contributed by atoms with Crippen molar-refractivity contribution in [3.8, 4) is 0 Å². The minimum absolute atomic E-state index is 0.161. The van der Waals surface area contributed by atoms with E-state index < -0.39 is 0 Å². The van der Waals surface area contributed by atoms with E-state index in [-0.39, 0.29) is 12.1 Å². The predicted molar refractivity (Wildman–Crippen MR) is 42.4 cm³/mol. The Morgan fingerprint density at radius 1 is 1.73 bits per heavy atom. The van der Waals surface area contributed by atoms with Gasteiger partial charge >= 0.3 is 6.09 Å².